The molecule has 2 aromatic carbocycles. The molecule has 212 valence electrons. The van der Waals surface area contributed by atoms with E-state index < -0.39 is 28.3 Å². The van der Waals surface area contributed by atoms with Crippen molar-refractivity contribution in [3.63, 3.8) is 0 Å². The van der Waals surface area contributed by atoms with Gasteiger partial charge in [-0.05, 0) is 43.9 Å². The van der Waals surface area contributed by atoms with E-state index in [4.69, 9.17) is 9.47 Å². The zero-order valence-electron chi connectivity index (χ0n) is 22.4. The molecular weight excluding hydrogens is 518 g/mol. The number of benzene rings is 2. The predicted molar refractivity (Wildman–Crippen MR) is 146 cm³/mol. The number of rotatable bonds is 7. The van der Waals surface area contributed by atoms with Crippen LogP contribution in [0.15, 0.2) is 59.5 Å². The first-order valence-corrected chi connectivity index (χ1v) is 15.3. The van der Waals surface area contributed by atoms with Gasteiger partial charge in [0.15, 0.2) is 0 Å². The molecule has 3 fully saturated rings. The number of β-amino-alcohol motifs (C(OH)–C–C–N with tert-alkyl or cyclic N) is 1. The molecule has 5 rings (SSSR count). The molecule has 1 amide bonds. The summed E-state index contributed by atoms with van der Waals surface area (Å²) in [4.78, 5) is 15.5. The van der Waals surface area contributed by atoms with Crippen molar-refractivity contribution in [2.24, 2.45) is 0 Å². The third-order valence-electron chi connectivity index (χ3n) is 7.86. The molecule has 39 heavy (non-hydrogen) atoms. The van der Waals surface area contributed by atoms with E-state index in [-0.39, 0.29) is 49.1 Å². The number of aryl methyl sites for hydroxylation is 1. The van der Waals surface area contributed by atoms with Gasteiger partial charge in [-0.1, -0.05) is 48.0 Å². The maximum atomic E-state index is 13.6. The molecule has 3 heterocycles. The Labute approximate surface area is 231 Å². The van der Waals surface area contributed by atoms with E-state index in [1.54, 1.807) is 24.3 Å². The summed E-state index contributed by atoms with van der Waals surface area (Å²) in [7, 11) is -3.85. The molecule has 5 atom stereocenters. The second-order valence-electron chi connectivity index (χ2n) is 11.0. The summed E-state index contributed by atoms with van der Waals surface area (Å²) in [6.07, 6.45) is 0.459. The molecule has 0 bridgehead atoms. The van der Waals surface area contributed by atoms with Crippen LogP contribution in [-0.2, 0) is 30.8 Å². The number of hydrogen-bond acceptors (Lipinski definition) is 7. The van der Waals surface area contributed by atoms with Crippen molar-refractivity contribution < 1.29 is 27.8 Å². The van der Waals surface area contributed by atoms with E-state index in [1.165, 1.54) is 9.87 Å². The number of nitrogens with zero attached hydrogens (tertiary/aromatic N) is 2. The second kappa shape index (κ2) is 12.4. The van der Waals surface area contributed by atoms with Crippen LogP contribution in [0.4, 0.5) is 0 Å². The summed E-state index contributed by atoms with van der Waals surface area (Å²) in [5, 5.41) is 13.6. The second-order valence-corrected chi connectivity index (χ2v) is 12.9. The summed E-state index contributed by atoms with van der Waals surface area (Å²) in [6, 6.07) is 16.7. The molecule has 0 unspecified atom stereocenters. The summed E-state index contributed by atoms with van der Waals surface area (Å²) in [5.74, 6) is -0.0451. The number of amides is 1. The van der Waals surface area contributed by atoms with Gasteiger partial charge >= 0.3 is 0 Å². The SMILES string of the molecule is Cc1ccc(S(=O)(=O)N2C[C@H](O)COC[C@@H]3O[C@@H](CC(=O)N[C@@H]4CCN(Cc5ccccc5)C4)CC[C@H]32)cc1. The molecule has 2 aromatic rings. The first kappa shape index (κ1) is 28.2. The molecule has 0 aliphatic carbocycles. The van der Waals surface area contributed by atoms with Crippen molar-refractivity contribution in [1.82, 2.24) is 14.5 Å². The van der Waals surface area contributed by atoms with E-state index in [1.807, 2.05) is 25.1 Å². The van der Waals surface area contributed by atoms with E-state index in [0.717, 1.165) is 31.6 Å². The minimum absolute atomic E-state index is 0.0266. The van der Waals surface area contributed by atoms with E-state index in [9.17, 15) is 18.3 Å². The van der Waals surface area contributed by atoms with Gasteiger partial charge in [0.1, 0.15) is 0 Å². The Bertz CT molecular complexity index is 1210. The lowest BCUT2D eigenvalue weighted by atomic mass is 9.96. The Morgan fingerprint density at radius 1 is 1.03 bits per heavy atom. The number of aliphatic hydroxyl groups excluding tert-OH is 1. The van der Waals surface area contributed by atoms with Crippen LogP contribution in [0.1, 0.15) is 36.8 Å². The maximum Gasteiger partial charge on any atom is 0.243 e. The summed E-state index contributed by atoms with van der Waals surface area (Å²) in [5.41, 5.74) is 2.23. The lowest BCUT2D eigenvalue weighted by molar-refractivity contribution is -0.146. The Morgan fingerprint density at radius 2 is 1.79 bits per heavy atom. The predicted octanol–water partition coefficient (Wildman–Crippen LogP) is 2.07. The minimum Gasteiger partial charge on any atom is -0.389 e. The monoisotopic (exact) mass is 557 g/mol. The Morgan fingerprint density at radius 3 is 2.56 bits per heavy atom. The summed E-state index contributed by atoms with van der Waals surface area (Å²) in [6.45, 7) is 4.67. The molecule has 3 aliphatic rings. The first-order valence-electron chi connectivity index (χ1n) is 13.8. The van der Waals surface area contributed by atoms with Crippen LogP contribution in [-0.4, -0.2) is 91.9 Å². The van der Waals surface area contributed by atoms with Gasteiger partial charge in [0.05, 0.1) is 48.9 Å². The highest BCUT2D eigenvalue weighted by atomic mass is 32.2. The number of likely N-dealkylation sites (tertiary alicyclic amines) is 1. The van der Waals surface area contributed by atoms with Gasteiger partial charge in [0.2, 0.25) is 15.9 Å². The van der Waals surface area contributed by atoms with Gasteiger partial charge in [0, 0.05) is 32.2 Å². The zero-order chi connectivity index (χ0) is 27.4. The zero-order valence-corrected chi connectivity index (χ0v) is 23.3. The Balaban J connectivity index is 1.18. The van der Waals surface area contributed by atoms with Crippen molar-refractivity contribution >= 4 is 15.9 Å². The molecule has 0 radical (unpaired) electrons. The highest BCUT2D eigenvalue weighted by molar-refractivity contribution is 7.89. The fourth-order valence-electron chi connectivity index (χ4n) is 5.85. The molecule has 9 nitrogen and oxygen atoms in total. The van der Waals surface area contributed by atoms with Gasteiger partial charge in [0.25, 0.3) is 0 Å². The highest BCUT2D eigenvalue weighted by Gasteiger charge is 2.43. The number of hydrogen-bond donors (Lipinski definition) is 2. The van der Waals surface area contributed by atoms with Crippen LogP contribution in [0.5, 0.6) is 0 Å². The average Bonchev–Trinajstić information content (AvgIpc) is 3.33. The molecule has 3 aliphatic heterocycles. The molecule has 2 N–H and O–H groups in total. The van der Waals surface area contributed by atoms with Crippen LogP contribution in [0, 0.1) is 6.92 Å². The number of aliphatic hydroxyl groups is 1. The fraction of sp³-hybridized carbons (Fsp3) is 0.552. The summed E-state index contributed by atoms with van der Waals surface area (Å²) >= 11 is 0. The van der Waals surface area contributed by atoms with Gasteiger partial charge in [-0.25, -0.2) is 8.42 Å². The largest absolute Gasteiger partial charge is 0.389 e. The third kappa shape index (κ3) is 7.06. The molecular formula is C29H39N3O6S. The number of fused-ring (bicyclic) bond motifs is 1. The van der Waals surface area contributed by atoms with Crippen molar-refractivity contribution in [3.8, 4) is 0 Å². The van der Waals surface area contributed by atoms with Crippen molar-refractivity contribution in [3.05, 3.63) is 65.7 Å². The number of carbonyl (C=O) groups excluding carboxylic acids is 1. The lowest BCUT2D eigenvalue weighted by Gasteiger charge is -2.43. The maximum absolute atomic E-state index is 13.6. The third-order valence-corrected chi connectivity index (χ3v) is 9.77. The average molecular weight is 558 g/mol. The van der Waals surface area contributed by atoms with Crippen LogP contribution in [0.3, 0.4) is 0 Å². The quantitative estimate of drug-likeness (QED) is 0.537. The van der Waals surface area contributed by atoms with Gasteiger partial charge in [-0.2, -0.15) is 4.31 Å². The Kier molecular flexibility index (Phi) is 9.00. The standard InChI is InChI=1S/C29H39N3O6S/c1-21-7-10-26(11-8-21)39(35,36)32-18-24(33)19-37-20-28-27(32)12-9-25(38-28)15-29(34)30-23-13-14-31(17-23)16-22-5-3-2-4-6-22/h2-8,10-11,23-25,27-28,33H,9,12-20H2,1H3,(H,30,34)/t23-,24+,25-,27-,28+/m1/s1. The smallest absolute Gasteiger partial charge is 0.243 e. The molecule has 3 saturated heterocycles. The Hall–Kier alpha value is -2.34. The first-order chi connectivity index (χ1) is 18.8. The lowest BCUT2D eigenvalue weighted by Crippen LogP contribution is -2.57. The minimum atomic E-state index is -3.85. The molecule has 0 saturated carbocycles. The van der Waals surface area contributed by atoms with Gasteiger partial charge < -0.3 is 19.9 Å². The van der Waals surface area contributed by atoms with E-state index >= 15 is 0 Å². The molecule has 10 heteroatoms. The topological polar surface area (TPSA) is 108 Å². The van der Waals surface area contributed by atoms with Crippen LogP contribution < -0.4 is 5.32 Å². The van der Waals surface area contributed by atoms with Crippen LogP contribution in [0.2, 0.25) is 0 Å². The highest BCUT2D eigenvalue weighted by Crippen LogP contribution is 2.31. The van der Waals surface area contributed by atoms with E-state index in [2.05, 4.69) is 22.3 Å². The number of carbonyl (C=O) groups is 1. The molecule has 0 spiro atoms. The van der Waals surface area contributed by atoms with E-state index in [0.29, 0.717) is 12.8 Å². The molecule has 0 aromatic heterocycles. The normalized spacial score (nSPS) is 28.8. The fourth-order valence-corrected chi connectivity index (χ4v) is 7.56. The van der Waals surface area contributed by atoms with Crippen LogP contribution in [0.25, 0.3) is 0 Å². The number of ether oxygens (including phenoxy) is 2. The number of sulfonamides is 1. The van der Waals surface area contributed by atoms with Gasteiger partial charge in [-0.3, -0.25) is 9.69 Å². The van der Waals surface area contributed by atoms with Gasteiger partial charge in [-0.15, -0.1) is 0 Å². The van der Waals surface area contributed by atoms with Crippen molar-refractivity contribution in [2.45, 2.75) is 74.4 Å². The van der Waals surface area contributed by atoms with Crippen molar-refractivity contribution in [2.75, 3.05) is 32.8 Å². The van der Waals surface area contributed by atoms with Crippen molar-refractivity contribution in [1.29, 1.82) is 0 Å². The number of nitrogens with one attached hydrogen (secondary N) is 1. The van der Waals surface area contributed by atoms with Crippen LogP contribution >= 0.6 is 0 Å². The summed E-state index contributed by atoms with van der Waals surface area (Å²) < 4.78 is 40.5.